The first-order valence-corrected chi connectivity index (χ1v) is 11.2. The second kappa shape index (κ2) is 11.3. The number of carboxylic acids is 1. The molecule has 2 atom stereocenters. The Bertz CT molecular complexity index is 987. The van der Waals surface area contributed by atoms with Crippen LogP contribution < -0.4 is 10.6 Å². The molecule has 2 unspecified atom stereocenters. The Balaban J connectivity index is 1.46. The first-order chi connectivity index (χ1) is 15.9. The minimum Gasteiger partial charge on any atom is -0.480 e. The van der Waals surface area contributed by atoms with Crippen LogP contribution in [-0.2, 0) is 14.3 Å². The average Bonchev–Trinajstić information content (AvgIpc) is 3.13. The summed E-state index contributed by atoms with van der Waals surface area (Å²) in [7, 11) is 0. The fourth-order valence-corrected chi connectivity index (χ4v) is 3.97. The van der Waals surface area contributed by atoms with Crippen LogP contribution in [0.4, 0.5) is 4.79 Å². The third kappa shape index (κ3) is 6.22. The maximum atomic E-state index is 12.1. The van der Waals surface area contributed by atoms with Gasteiger partial charge in [-0.1, -0.05) is 74.9 Å². The fraction of sp³-hybridized carbons (Fsp3) is 0.346. The Morgan fingerprint density at radius 3 is 2.24 bits per heavy atom. The molecular formula is C26H30N2O5. The largest absolute Gasteiger partial charge is 0.480 e. The van der Waals surface area contributed by atoms with Crippen molar-refractivity contribution in [3.05, 3.63) is 71.8 Å². The van der Waals surface area contributed by atoms with E-state index in [4.69, 9.17) is 4.74 Å². The lowest BCUT2D eigenvalue weighted by atomic mass is 9.98. The number of rotatable bonds is 10. The molecule has 0 spiro atoms. The van der Waals surface area contributed by atoms with Crippen LogP contribution in [0.1, 0.15) is 43.7 Å². The van der Waals surface area contributed by atoms with Gasteiger partial charge in [0, 0.05) is 18.5 Å². The molecule has 0 saturated heterocycles. The van der Waals surface area contributed by atoms with Gasteiger partial charge in [0.1, 0.15) is 12.6 Å². The molecule has 2 aromatic carbocycles. The average molecular weight is 451 g/mol. The summed E-state index contributed by atoms with van der Waals surface area (Å²) in [5.74, 6) is -1.41. The van der Waals surface area contributed by atoms with Crippen LogP contribution in [0.5, 0.6) is 0 Å². The molecule has 1 aliphatic carbocycles. The van der Waals surface area contributed by atoms with Gasteiger partial charge in [0.25, 0.3) is 0 Å². The van der Waals surface area contributed by atoms with Crippen molar-refractivity contribution in [2.24, 2.45) is 5.92 Å². The molecule has 7 nitrogen and oxygen atoms in total. The second-order valence-corrected chi connectivity index (χ2v) is 8.26. The van der Waals surface area contributed by atoms with Crippen molar-refractivity contribution in [3.63, 3.8) is 0 Å². The van der Waals surface area contributed by atoms with Gasteiger partial charge in [-0.3, -0.25) is 4.79 Å². The standard InChI is InChI=1S/C26H30N2O5/c1-3-17(2)15-23(25(30)31)28-24(29)13-8-14-27-26(32)33-16-22-20-11-6-4-9-18(20)19-10-5-7-12-21(19)22/h4-13,17,22-23H,3,14-16H2,1-2H3,(H,27,32)(H,28,29)(H,30,31)/b13-8+. The number of ether oxygens (including phenoxy) is 1. The molecule has 0 fully saturated rings. The van der Waals surface area contributed by atoms with Gasteiger partial charge in [-0.15, -0.1) is 0 Å². The van der Waals surface area contributed by atoms with Crippen molar-refractivity contribution in [1.82, 2.24) is 10.6 Å². The van der Waals surface area contributed by atoms with Crippen LogP contribution in [0.2, 0.25) is 0 Å². The molecule has 7 heteroatoms. The van der Waals surface area contributed by atoms with Crippen LogP contribution in [0, 0.1) is 5.92 Å². The lowest BCUT2D eigenvalue weighted by Crippen LogP contribution is -2.41. The molecule has 1 aliphatic rings. The first-order valence-electron chi connectivity index (χ1n) is 11.2. The summed E-state index contributed by atoms with van der Waals surface area (Å²) in [6.07, 6.45) is 3.29. The van der Waals surface area contributed by atoms with E-state index in [1.165, 1.54) is 12.2 Å². The number of nitrogens with one attached hydrogen (secondary N) is 2. The number of hydrogen-bond acceptors (Lipinski definition) is 4. The van der Waals surface area contributed by atoms with Gasteiger partial charge in [-0.05, 0) is 34.6 Å². The van der Waals surface area contributed by atoms with E-state index in [2.05, 4.69) is 22.8 Å². The minimum atomic E-state index is -1.06. The SMILES string of the molecule is CCC(C)CC(NC(=O)/C=C/CNC(=O)OCC1c2ccccc2-c2ccccc21)C(=O)O. The normalized spacial score (nSPS) is 14.2. The van der Waals surface area contributed by atoms with Gasteiger partial charge >= 0.3 is 12.1 Å². The van der Waals surface area contributed by atoms with Crippen LogP contribution in [0.15, 0.2) is 60.7 Å². The Labute approximate surface area is 193 Å². The number of carbonyl (C=O) groups excluding carboxylic acids is 2. The summed E-state index contributed by atoms with van der Waals surface area (Å²) < 4.78 is 5.44. The molecule has 33 heavy (non-hydrogen) atoms. The minimum absolute atomic E-state index is 0.0251. The van der Waals surface area contributed by atoms with Crippen molar-refractivity contribution in [2.75, 3.05) is 13.2 Å². The number of carboxylic acid groups (broad SMARTS) is 1. The van der Waals surface area contributed by atoms with Gasteiger partial charge in [0.2, 0.25) is 5.91 Å². The molecule has 3 rings (SSSR count). The molecule has 0 heterocycles. The Hall–Kier alpha value is -3.61. The monoisotopic (exact) mass is 450 g/mol. The zero-order chi connectivity index (χ0) is 23.8. The highest BCUT2D eigenvalue weighted by Gasteiger charge is 2.29. The predicted molar refractivity (Wildman–Crippen MR) is 126 cm³/mol. The molecule has 0 bridgehead atoms. The first kappa shape index (κ1) is 24.0. The van der Waals surface area contributed by atoms with E-state index in [-0.39, 0.29) is 25.0 Å². The van der Waals surface area contributed by atoms with Gasteiger partial charge in [-0.25, -0.2) is 9.59 Å². The highest BCUT2D eigenvalue weighted by Crippen LogP contribution is 2.44. The van der Waals surface area contributed by atoms with Crippen molar-refractivity contribution >= 4 is 18.0 Å². The highest BCUT2D eigenvalue weighted by atomic mass is 16.5. The number of fused-ring (bicyclic) bond motifs is 3. The summed E-state index contributed by atoms with van der Waals surface area (Å²) >= 11 is 0. The van der Waals surface area contributed by atoms with Crippen molar-refractivity contribution in [1.29, 1.82) is 0 Å². The summed E-state index contributed by atoms with van der Waals surface area (Å²) in [6.45, 7) is 4.21. The molecular weight excluding hydrogens is 420 g/mol. The summed E-state index contributed by atoms with van der Waals surface area (Å²) in [5.41, 5.74) is 4.58. The van der Waals surface area contributed by atoms with E-state index < -0.39 is 24.0 Å². The van der Waals surface area contributed by atoms with Gasteiger partial charge < -0.3 is 20.5 Å². The number of benzene rings is 2. The smallest absolute Gasteiger partial charge is 0.407 e. The maximum absolute atomic E-state index is 12.1. The lowest BCUT2D eigenvalue weighted by molar-refractivity contribution is -0.141. The second-order valence-electron chi connectivity index (χ2n) is 8.26. The summed E-state index contributed by atoms with van der Waals surface area (Å²) in [5, 5.41) is 14.3. The molecule has 0 saturated carbocycles. The van der Waals surface area contributed by atoms with Gasteiger partial charge in [-0.2, -0.15) is 0 Å². The van der Waals surface area contributed by atoms with Crippen LogP contribution >= 0.6 is 0 Å². The van der Waals surface area contributed by atoms with Crippen molar-refractivity contribution in [2.45, 2.75) is 38.6 Å². The topological polar surface area (TPSA) is 105 Å². The molecule has 174 valence electrons. The van der Waals surface area contributed by atoms with E-state index in [0.29, 0.717) is 6.42 Å². The van der Waals surface area contributed by atoms with E-state index in [9.17, 15) is 19.5 Å². The quantitative estimate of drug-likeness (QED) is 0.473. The zero-order valence-corrected chi connectivity index (χ0v) is 18.9. The Morgan fingerprint density at radius 2 is 1.67 bits per heavy atom. The molecule has 0 radical (unpaired) electrons. The fourth-order valence-electron chi connectivity index (χ4n) is 3.97. The van der Waals surface area contributed by atoms with Crippen LogP contribution in [0.3, 0.4) is 0 Å². The van der Waals surface area contributed by atoms with E-state index in [1.807, 2.05) is 50.2 Å². The third-order valence-electron chi connectivity index (χ3n) is 5.93. The molecule has 3 N–H and O–H groups in total. The van der Waals surface area contributed by atoms with Crippen molar-refractivity contribution in [3.8, 4) is 11.1 Å². The summed E-state index contributed by atoms with van der Waals surface area (Å²) in [6, 6.07) is 15.3. The maximum Gasteiger partial charge on any atom is 0.407 e. The number of aliphatic carboxylic acids is 1. The van der Waals surface area contributed by atoms with E-state index in [0.717, 1.165) is 28.7 Å². The van der Waals surface area contributed by atoms with Gasteiger partial charge in [0.05, 0.1) is 0 Å². The third-order valence-corrected chi connectivity index (χ3v) is 5.93. The Kier molecular flexibility index (Phi) is 8.24. The van der Waals surface area contributed by atoms with Crippen LogP contribution in [-0.4, -0.2) is 42.3 Å². The van der Waals surface area contributed by atoms with E-state index >= 15 is 0 Å². The number of amides is 2. The highest BCUT2D eigenvalue weighted by molar-refractivity contribution is 5.91. The van der Waals surface area contributed by atoms with Crippen molar-refractivity contribution < 1.29 is 24.2 Å². The van der Waals surface area contributed by atoms with E-state index in [1.54, 1.807) is 0 Å². The number of carbonyl (C=O) groups is 3. The molecule has 0 aromatic heterocycles. The zero-order valence-electron chi connectivity index (χ0n) is 18.9. The Morgan fingerprint density at radius 1 is 1.06 bits per heavy atom. The molecule has 2 aromatic rings. The molecule has 0 aliphatic heterocycles. The summed E-state index contributed by atoms with van der Waals surface area (Å²) in [4.78, 5) is 35.5. The molecule has 2 amide bonds. The lowest BCUT2D eigenvalue weighted by Gasteiger charge is -2.17. The van der Waals surface area contributed by atoms with Crippen LogP contribution in [0.25, 0.3) is 11.1 Å². The number of hydrogen-bond donors (Lipinski definition) is 3. The predicted octanol–water partition coefficient (Wildman–Crippen LogP) is 4.09. The van der Waals surface area contributed by atoms with Gasteiger partial charge in [0.15, 0.2) is 0 Å². The number of alkyl carbamates (subject to hydrolysis) is 1.